The summed E-state index contributed by atoms with van der Waals surface area (Å²) in [5.74, 6) is 0. The molecule has 0 saturated carbocycles. The third kappa shape index (κ3) is 1.74. The molecule has 1 N–H and O–H groups in total. The Kier molecular flexibility index (Phi) is 2.47. The Morgan fingerprint density at radius 2 is 2.18 bits per heavy atom. The summed E-state index contributed by atoms with van der Waals surface area (Å²) in [7, 11) is 0. The molecule has 2 aliphatic heterocycles. The summed E-state index contributed by atoms with van der Waals surface area (Å²) >= 11 is 0. The molecule has 22 heavy (non-hydrogen) atoms. The third-order valence-corrected chi connectivity index (χ3v) is 4.99. The molecule has 2 aromatic heterocycles. The summed E-state index contributed by atoms with van der Waals surface area (Å²) in [4.78, 5) is 4.64. The van der Waals surface area contributed by atoms with E-state index in [-0.39, 0.29) is 0 Å². The first-order valence-corrected chi connectivity index (χ1v) is 7.98. The predicted molar refractivity (Wildman–Crippen MR) is 85.8 cm³/mol. The highest BCUT2D eigenvalue weighted by molar-refractivity contribution is 5.65. The highest BCUT2D eigenvalue weighted by Crippen LogP contribution is 2.35. The zero-order valence-electron chi connectivity index (χ0n) is 12.6. The minimum Gasteiger partial charge on any atom is -0.307 e. The Labute approximate surface area is 129 Å². The van der Waals surface area contributed by atoms with Gasteiger partial charge >= 0.3 is 0 Å². The van der Waals surface area contributed by atoms with Crippen LogP contribution in [0.4, 0.5) is 0 Å². The van der Waals surface area contributed by atoms with E-state index in [4.69, 9.17) is 5.10 Å². The maximum atomic E-state index is 4.86. The van der Waals surface area contributed by atoms with E-state index in [9.17, 15) is 0 Å². The van der Waals surface area contributed by atoms with Crippen molar-refractivity contribution in [2.45, 2.75) is 38.3 Å². The van der Waals surface area contributed by atoms with Crippen LogP contribution >= 0.6 is 0 Å². The summed E-state index contributed by atoms with van der Waals surface area (Å²) in [6, 6.07) is 11.7. The molecule has 0 spiro atoms. The molecule has 3 aromatic rings. The number of benzene rings is 1. The Bertz CT molecular complexity index is 880. The van der Waals surface area contributed by atoms with E-state index in [1.54, 1.807) is 0 Å². The first-order valence-electron chi connectivity index (χ1n) is 7.98. The highest BCUT2D eigenvalue weighted by Gasteiger charge is 2.34. The number of hydrogen-bond acceptors (Lipinski definition) is 3. The molecule has 4 heteroatoms. The smallest absolute Gasteiger partial charge is 0.155 e. The van der Waals surface area contributed by atoms with E-state index >= 15 is 0 Å². The van der Waals surface area contributed by atoms with E-state index in [0.717, 1.165) is 23.3 Å². The minimum absolute atomic E-state index is 0.470. The number of fused-ring (bicyclic) bond motifs is 6. The standard InChI is InChI=1S/C18H18N4/c1-11-3-2-4-12(7-11)16-9-18-19-10-14-15-6-5-13(20-15)8-17(14)22(18)21-16/h2-4,7,9-10,13,15,20H,5-6,8H2,1H3/t13-,15-/m1/s1. The highest BCUT2D eigenvalue weighted by atomic mass is 15.3. The van der Waals surface area contributed by atoms with Gasteiger partial charge in [0.05, 0.1) is 11.4 Å². The first-order chi connectivity index (χ1) is 10.8. The number of aromatic nitrogens is 3. The Hall–Kier alpha value is -2.20. The quantitative estimate of drug-likeness (QED) is 0.749. The van der Waals surface area contributed by atoms with Gasteiger partial charge in [-0.25, -0.2) is 9.50 Å². The van der Waals surface area contributed by atoms with Crippen LogP contribution in [0.3, 0.4) is 0 Å². The molecule has 4 heterocycles. The normalized spacial score (nSPS) is 23.0. The van der Waals surface area contributed by atoms with Crippen LogP contribution in [0.1, 0.15) is 35.7 Å². The van der Waals surface area contributed by atoms with Gasteiger partial charge in [-0.1, -0.05) is 23.8 Å². The van der Waals surface area contributed by atoms with Gasteiger partial charge in [0.25, 0.3) is 0 Å². The van der Waals surface area contributed by atoms with E-state index in [0.29, 0.717) is 12.1 Å². The van der Waals surface area contributed by atoms with Crippen molar-refractivity contribution in [1.29, 1.82) is 0 Å². The van der Waals surface area contributed by atoms with Crippen LogP contribution in [0.15, 0.2) is 36.5 Å². The van der Waals surface area contributed by atoms with Crippen LogP contribution in [-0.2, 0) is 6.42 Å². The van der Waals surface area contributed by atoms with E-state index in [1.165, 1.54) is 29.7 Å². The summed E-state index contributed by atoms with van der Waals surface area (Å²) in [6.07, 6.45) is 5.58. The van der Waals surface area contributed by atoms with E-state index in [2.05, 4.69) is 52.1 Å². The lowest BCUT2D eigenvalue weighted by Crippen LogP contribution is -2.33. The second kappa shape index (κ2) is 4.40. The minimum atomic E-state index is 0.470. The van der Waals surface area contributed by atoms with E-state index < -0.39 is 0 Å². The largest absolute Gasteiger partial charge is 0.307 e. The third-order valence-electron chi connectivity index (χ3n) is 4.99. The van der Waals surface area contributed by atoms with Crippen molar-refractivity contribution in [3.05, 3.63) is 53.3 Å². The average molecular weight is 290 g/mol. The molecule has 0 aliphatic carbocycles. The molecule has 2 bridgehead atoms. The molecular weight excluding hydrogens is 272 g/mol. The summed E-state index contributed by atoms with van der Waals surface area (Å²) in [5, 5.41) is 8.54. The fraction of sp³-hybridized carbons (Fsp3) is 0.333. The molecular formula is C18H18N4. The lowest BCUT2D eigenvalue weighted by atomic mass is 10.0. The zero-order chi connectivity index (χ0) is 14.7. The van der Waals surface area contributed by atoms with Gasteiger partial charge in [0, 0.05) is 41.9 Å². The van der Waals surface area contributed by atoms with Gasteiger partial charge in [0.15, 0.2) is 5.65 Å². The lowest BCUT2D eigenvalue weighted by molar-refractivity contribution is 0.496. The maximum Gasteiger partial charge on any atom is 0.155 e. The van der Waals surface area contributed by atoms with Crippen molar-refractivity contribution >= 4 is 5.65 Å². The van der Waals surface area contributed by atoms with Crippen LogP contribution in [0.2, 0.25) is 0 Å². The second-order valence-electron chi connectivity index (χ2n) is 6.53. The predicted octanol–water partition coefficient (Wildman–Crippen LogP) is 3.05. The topological polar surface area (TPSA) is 42.2 Å². The Morgan fingerprint density at radius 3 is 3.09 bits per heavy atom. The van der Waals surface area contributed by atoms with Gasteiger partial charge in [0.2, 0.25) is 0 Å². The van der Waals surface area contributed by atoms with Gasteiger partial charge in [0.1, 0.15) is 0 Å². The fourth-order valence-corrected chi connectivity index (χ4v) is 3.89. The molecule has 2 atom stereocenters. The molecule has 2 aliphatic rings. The van der Waals surface area contributed by atoms with Crippen molar-refractivity contribution in [2.75, 3.05) is 0 Å². The molecule has 1 fully saturated rings. The number of hydrogen-bond donors (Lipinski definition) is 1. The van der Waals surface area contributed by atoms with Crippen LogP contribution in [-0.4, -0.2) is 20.6 Å². The monoisotopic (exact) mass is 290 g/mol. The second-order valence-corrected chi connectivity index (χ2v) is 6.53. The summed E-state index contributed by atoms with van der Waals surface area (Å²) in [6.45, 7) is 2.11. The molecule has 1 aromatic carbocycles. The van der Waals surface area contributed by atoms with Gasteiger partial charge in [-0.15, -0.1) is 0 Å². The molecule has 4 nitrogen and oxygen atoms in total. The van der Waals surface area contributed by atoms with Crippen molar-refractivity contribution in [3.63, 3.8) is 0 Å². The van der Waals surface area contributed by atoms with Gasteiger partial charge in [-0.05, 0) is 25.8 Å². The Morgan fingerprint density at radius 1 is 1.23 bits per heavy atom. The zero-order valence-corrected chi connectivity index (χ0v) is 12.6. The van der Waals surface area contributed by atoms with Crippen molar-refractivity contribution < 1.29 is 0 Å². The molecule has 0 radical (unpaired) electrons. The molecule has 0 unspecified atom stereocenters. The van der Waals surface area contributed by atoms with Crippen LogP contribution in [0.25, 0.3) is 16.9 Å². The SMILES string of the molecule is Cc1cccc(-c2cc3ncc4c(n3n2)C[C@H]2CC[C@H]4N2)c1. The van der Waals surface area contributed by atoms with Crippen molar-refractivity contribution in [2.24, 2.45) is 0 Å². The molecule has 5 rings (SSSR count). The van der Waals surface area contributed by atoms with Crippen molar-refractivity contribution in [1.82, 2.24) is 19.9 Å². The molecule has 1 saturated heterocycles. The van der Waals surface area contributed by atoms with Gasteiger partial charge < -0.3 is 5.32 Å². The van der Waals surface area contributed by atoms with E-state index in [1.807, 2.05) is 6.20 Å². The number of nitrogens with one attached hydrogen (secondary N) is 1. The van der Waals surface area contributed by atoms with Crippen LogP contribution in [0.5, 0.6) is 0 Å². The summed E-state index contributed by atoms with van der Waals surface area (Å²) in [5.41, 5.74) is 7.06. The first kappa shape index (κ1) is 12.4. The maximum absolute atomic E-state index is 4.86. The van der Waals surface area contributed by atoms with Crippen molar-refractivity contribution in [3.8, 4) is 11.3 Å². The Balaban J connectivity index is 1.70. The lowest BCUT2D eigenvalue weighted by Gasteiger charge is -2.24. The van der Waals surface area contributed by atoms with Crippen LogP contribution < -0.4 is 5.32 Å². The molecule has 110 valence electrons. The number of rotatable bonds is 1. The van der Waals surface area contributed by atoms with Gasteiger partial charge in [-0.3, -0.25) is 0 Å². The molecule has 0 amide bonds. The summed E-state index contributed by atoms with van der Waals surface area (Å²) < 4.78 is 2.07. The number of aryl methyl sites for hydroxylation is 1. The average Bonchev–Trinajstić information content (AvgIpc) is 3.12. The fourth-order valence-electron chi connectivity index (χ4n) is 3.89. The number of nitrogens with zero attached hydrogens (tertiary/aromatic N) is 3. The van der Waals surface area contributed by atoms with Crippen LogP contribution in [0, 0.1) is 6.92 Å². The van der Waals surface area contributed by atoms with Gasteiger partial charge in [-0.2, -0.15) is 5.10 Å².